The van der Waals surface area contributed by atoms with E-state index in [1.165, 1.54) is 0 Å². The van der Waals surface area contributed by atoms with Crippen molar-refractivity contribution >= 4 is 21.8 Å². The number of halogens is 1. The molecule has 0 saturated heterocycles. The van der Waals surface area contributed by atoms with Crippen LogP contribution < -0.4 is 14.8 Å². The molecule has 4 nitrogen and oxygen atoms in total. The van der Waals surface area contributed by atoms with Gasteiger partial charge in [0, 0.05) is 17.1 Å². The molecule has 110 valence electrons. The second kappa shape index (κ2) is 7.69. The molecular formula is C16H16BrNO3. The average Bonchev–Trinajstić information content (AvgIpc) is 2.51. The number of benzene rings is 2. The van der Waals surface area contributed by atoms with Gasteiger partial charge in [0.05, 0.1) is 0 Å². The topological polar surface area (TPSA) is 47.6 Å². The van der Waals surface area contributed by atoms with Crippen LogP contribution in [0.2, 0.25) is 0 Å². The lowest BCUT2D eigenvalue weighted by Gasteiger charge is -2.09. The maximum absolute atomic E-state index is 11.5. The summed E-state index contributed by atoms with van der Waals surface area (Å²) in [5.41, 5.74) is 0.572. The van der Waals surface area contributed by atoms with Crippen LogP contribution in [0.25, 0.3) is 0 Å². The summed E-state index contributed by atoms with van der Waals surface area (Å²) in [5, 5.41) is 2.58. The van der Waals surface area contributed by atoms with Crippen molar-refractivity contribution in [2.24, 2.45) is 0 Å². The Kier molecular flexibility index (Phi) is 5.63. The van der Waals surface area contributed by atoms with E-state index in [0.717, 1.165) is 10.2 Å². The van der Waals surface area contributed by atoms with Crippen LogP contribution >= 0.6 is 15.9 Å². The van der Waals surface area contributed by atoms with Crippen molar-refractivity contribution in [1.82, 2.24) is 5.32 Å². The van der Waals surface area contributed by atoms with Gasteiger partial charge in [0.2, 0.25) is 0 Å². The third-order valence-corrected chi connectivity index (χ3v) is 3.23. The van der Waals surface area contributed by atoms with Crippen molar-refractivity contribution in [3.05, 3.63) is 58.6 Å². The standard InChI is InChI=1S/C16H16BrNO3/c1-18-16(19)12-4-2-6-14(10-12)20-8-9-21-15-7-3-5-13(17)11-15/h2-7,10-11H,8-9H2,1H3,(H,18,19). The second-order valence-electron chi connectivity index (χ2n) is 4.26. The van der Waals surface area contributed by atoms with Crippen molar-refractivity contribution in [1.29, 1.82) is 0 Å². The molecule has 0 aliphatic carbocycles. The Balaban J connectivity index is 1.82. The molecule has 0 unspecified atom stereocenters. The van der Waals surface area contributed by atoms with Gasteiger partial charge in [0.15, 0.2) is 0 Å². The summed E-state index contributed by atoms with van der Waals surface area (Å²) < 4.78 is 12.1. The predicted molar refractivity (Wildman–Crippen MR) is 85.0 cm³/mol. The van der Waals surface area contributed by atoms with Gasteiger partial charge in [-0.15, -0.1) is 0 Å². The van der Waals surface area contributed by atoms with Crippen LogP contribution in [0.15, 0.2) is 53.0 Å². The van der Waals surface area contributed by atoms with Gasteiger partial charge in [0.25, 0.3) is 5.91 Å². The van der Waals surface area contributed by atoms with E-state index in [2.05, 4.69) is 21.2 Å². The number of ether oxygens (including phenoxy) is 2. The SMILES string of the molecule is CNC(=O)c1cccc(OCCOc2cccc(Br)c2)c1. The number of hydrogen-bond acceptors (Lipinski definition) is 3. The van der Waals surface area contributed by atoms with Crippen LogP contribution in [0.5, 0.6) is 11.5 Å². The van der Waals surface area contributed by atoms with Gasteiger partial charge in [-0.25, -0.2) is 0 Å². The number of rotatable bonds is 6. The minimum absolute atomic E-state index is 0.133. The molecule has 0 aliphatic rings. The molecule has 0 aliphatic heterocycles. The Labute approximate surface area is 132 Å². The first-order chi connectivity index (χ1) is 10.2. The second-order valence-corrected chi connectivity index (χ2v) is 5.18. The van der Waals surface area contributed by atoms with Crippen LogP contribution in [0, 0.1) is 0 Å². The van der Waals surface area contributed by atoms with E-state index < -0.39 is 0 Å². The van der Waals surface area contributed by atoms with Crippen molar-refractivity contribution in [2.45, 2.75) is 0 Å². The van der Waals surface area contributed by atoms with Crippen LogP contribution in [-0.2, 0) is 0 Å². The highest BCUT2D eigenvalue weighted by atomic mass is 79.9. The Hall–Kier alpha value is -2.01. The van der Waals surface area contributed by atoms with Crippen LogP contribution in [-0.4, -0.2) is 26.2 Å². The lowest BCUT2D eigenvalue weighted by atomic mass is 10.2. The van der Waals surface area contributed by atoms with E-state index in [0.29, 0.717) is 24.5 Å². The summed E-state index contributed by atoms with van der Waals surface area (Å²) >= 11 is 3.39. The minimum Gasteiger partial charge on any atom is -0.490 e. The van der Waals surface area contributed by atoms with Gasteiger partial charge in [-0.1, -0.05) is 28.1 Å². The van der Waals surface area contributed by atoms with Crippen molar-refractivity contribution in [3.63, 3.8) is 0 Å². The Morgan fingerprint density at radius 2 is 1.67 bits per heavy atom. The Morgan fingerprint density at radius 3 is 2.29 bits per heavy atom. The van der Waals surface area contributed by atoms with Crippen LogP contribution in [0.1, 0.15) is 10.4 Å². The largest absolute Gasteiger partial charge is 0.490 e. The summed E-state index contributed by atoms with van der Waals surface area (Å²) in [5.74, 6) is 1.30. The van der Waals surface area contributed by atoms with Gasteiger partial charge in [-0.05, 0) is 36.4 Å². The highest BCUT2D eigenvalue weighted by molar-refractivity contribution is 9.10. The first-order valence-corrected chi connectivity index (χ1v) is 7.31. The molecule has 0 saturated carbocycles. The van der Waals surface area contributed by atoms with Crippen molar-refractivity contribution < 1.29 is 14.3 Å². The molecule has 0 radical (unpaired) electrons. The molecule has 2 rings (SSSR count). The highest BCUT2D eigenvalue weighted by Crippen LogP contribution is 2.18. The normalized spacial score (nSPS) is 10.0. The maximum Gasteiger partial charge on any atom is 0.251 e. The number of carbonyl (C=O) groups is 1. The van der Waals surface area contributed by atoms with Crippen LogP contribution in [0.4, 0.5) is 0 Å². The molecular weight excluding hydrogens is 334 g/mol. The van der Waals surface area contributed by atoms with Gasteiger partial charge < -0.3 is 14.8 Å². The fourth-order valence-corrected chi connectivity index (χ4v) is 2.13. The molecule has 21 heavy (non-hydrogen) atoms. The monoisotopic (exact) mass is 349 g/mol. The Bertz CT molecular complexity index is 616. The van der Waals surface area contributed by atoms with E-state index in [-0.39, 0.29) is 5.91 Å². The molecule has 0 spiro atoms. The summed E-state index contributed by atoms with van der Waals surface area (Å²) in [6.45, 7) is 0.838. The first-order valence-electron chi connectivity index (χ1n) is 6.52. The number of nitrogens with one attached hydrogen (secondary N) is 1. The molecule has 5 heteroatoms. The van der Waals surface area contributed by atoms with Crippen molar-refractivity contribution in [2.75, 3.05) is 20.3 Å². The average molecular weight is 350 g/mol. The molecule has 1 N–H and O–H groups in total. The molecule has 0 atom stereocenters. The predicted octanol–water partition coefficient (Wildman–Crippen LogP) is 3.27. The molecule has 2 aromatic rings. The fraction of sp³-hybridized carbons (Fsp3) is 0.188. The van der Waals surface area contributed by atoms with E-state index >= 15 is 0 Å². The number of carbonyl (C=O) groups excluding carboxylic acids is 1. The lowest BCUT2D eigenvalue weighted by molar-refractivity contribution is 0.0962. The quantitative estimate of drug-likeness (QED) is 0.814. The smallest absolute Gasteiger partial charge is 0.251 e. The van der Waals surface area contributed by atoms with E-state index in [9.17, 15) is 4.79 Å². The highest BCUT2D eigenvalue weighted by Gasteiger charge is 2.04. The van der Waals surface area contributed by atoms with Crippen LogP contribution in [0.3, 0.4) is 0 Å². The zero-order valence-corrected chi connectivity index (χ0v) is 13.2. The first kappa shape index (κ1) is 15.4. The zero-order chi connectivity index (χ0) is 15.1. The fourth-order valence-electron chi connectivity index (χ4n) is 1.75. The zero-order valence-electron chi connectivity index (χ0n) is 11.6. The summed E-state index contributed by atoms with van der Waals surface area (Å²) in [7, 11) is 1.60. The third-order valence-electron chi connectivity index (χ3n) is 2.74. The van der Waals surface area contributed by atoms with Crippen molar-refractivity contribution in [3.8, 4) is 11.5 Å². The van der Waals surface area contributed by atoms with Gasteiger partial charge in [-0.3, -0.25) is 4.79 Å². The molecule has 0 heterocycles. The van der Waals surface area contributed by atoms with Gasteiger partial charge >= 0.3 is 0 Å². The minimum atomic E-state index is -0.133. The number of amides is 1. The molecule has 2 aromatic carbocycles. The van der Waals surface area contributed by atoms with Gasteiger partial charge in [0.1, 0.15) is 24.7 Å². The summed E-state index contributed by atoms with van der Waals surface area (Å²) in [4.78, 5) is 11.5. The third kappa shape index (κ3) is 4.79. The van der Waals surface area contributed by atoms with E-state index in [4.69, 9.17) is 9.47 Å². The summed E-state index contributed by atoms with van der Waals surface area (Å²) in [6.07, 6.45) is 0. The van der Waals surface area contributed by atoms with Gasteiger partial charge in [-0.2, -0.15) is 0 Å². The molecule has 0 bridgehead atoms. The maximum atomic E-state index is 11.5. The molecule has 0 aromatic heterocycles. The molecule has 0 fully saturated rings. The molecule has 1 amide bonds. The van der Waals surface area contributed by atoms with E-state index in [1.807, 2.05) is 30.3 Å². The lowest BCUT2D eigenvalue weighted by Crippen LogP contribution is -2.17. The summed E-state index contributed by atoms with van der Waals surface area (Å²) in [6, 6.07) is 14.7. The Morgan fingerprint density at radius 1 is 1.05 bits per heavy atom. The number of hydrogen-bond donors (Lipinski definition) is 1. The van der Waals surface area contributed by atoms with E-state index in [1.54, 1.807) is 25.2 Å².